The number of fused-ring (bicyclic) bond motifs is 1. The molecule has 2 aromatic carbocycles. The lowest BCUT2D eigenvalue weighted by Crippen LogP contribution is -2.29. The quantitative estimate of drug-likeness (QED) is 0.471. The Labute approximate surface area is 189 Å². The fraction of sp³-hybridized carbons (Fsp3) is 0.208. The average molecular weight is 445 g/mol. The minimum Gasteiger partial charge on any atom is -0.408 e. The van der Waals surface area contributed by atoms with Gasteiger partial charge in [0.2, 0.25) is 0 Å². The molecule has 0 fully saturated rings. The van der Waals surface area contributed by atoms with E-state index in [0.29, 0.717) is 11.1 Å². The molecule has 33 heavy (non-hydrogen) atoms. The molecule has 9 heteroatoms. The van der Waals surface area contributed by atoms with Gasteiger partial charge in [0, 0.05) is 19.7 Å². The van der Waals surface area contributed by atoms with Crippen molar-refractivity contribution in [3.8, 4) is 0 Å². The summed E-state index contributed by atoms with van der Waals surface area (Å²) < 4.78 is 6.51. The third kappa shape index (κ3) is 4.82. The van der Waals surface area contributed by atoms with Gasteiger partial charge in [-0.1, -0.05) is 35.9 Å². The standard InChI is InChI=1S/C24H23N5O4/c1-14-4-7-17(8-5-14)15(2)28-23(31)19-11-18(26-13-27-19)22(30)25-12-16-6-9-21-20(10-16)29(3)24(32)33-21/h4-11,13,15H,12H2,1-3H3,(H,25,30)(H,28,31)/t15-/m0/s1. The van der Waals surface area contributed by atoms with Gasteiger partial charge in [-0.05, 0) is 37.1 Å². The number of nitrogens with one attached hydrogen (secondary N) is 2. The van der Waals surface area contributed by atoms with Crippen LogP contribution in [-0.4, -0.2) is 26.3 Å². The van der Waals surface area contributed by atoms with Crippen molar-refractivity contribution in [3.63, 3.8) is 0 Å². The van der Waals surface area contributed by atoms with Gasteiger partial charge < -0.3 is 15.1 Å². The molecule has 0 aliphatic rings. The molecule has 2 aromatic heterocycles. The predicted molar refractivity (Wildman–Crippen MR) is 122 cm³/mol. The Balaban J connectivity index is 1.41. The maximum absolute atomic E-state index is 12.6. The third-order valence-electron chi connectivity index (χ3n) is 5.37. The van der Waals surface area contributed by atoms with Crippen LogP contribution in [-0.2, 0) is 13.6 Å². The van der Waals surface area contributed by atoms with Crippen LogP contribution in [0.15, 0.2) is 64.1 Å². The predicted octanol–water partition coefficient (Wildman–Crippen LogP) is 2.65. The molecule has 4 rings (SSSR count). The van der Waals surface area contributed by atoms with Gasteiger partial charge in [0.15, 0.2) is 5.58 Å². The van der Waals surface area contributed by atoms with Crippen LogP contribution < -0.4 is 16.4 Å². The Kier molecular flexibility index (Phi) is 6.03. The van der Waals surface area contributed by atoms with Crippen molar-refractivity contribution in [2.24, 2.45) is 7.05 Å². The molecule has 0 unspecified atom stereocenters. The molecule has 2 N–H and O–H groups in total. The fourth-order valence-corrected chi connectivity index (χ4v) is 3.37. The Bertz CT molecular complexity index is 1390. The van der Waals surface area contributed by atoms with E-state index in [9.17, 15) is 14.4 Å². The highest BCUT2D eigenvalue weighted by molar-refractivity contribution is 5.97. The molecule has 4 aromatic rings. The van der Waals surface area contributed by atoms with Crippen molar-refractivity contribution in [3.05, 3.63) is 93.5 Å². The number of amides is 2. The molecule has 9 nitrogen and oxygen atoms in total. The summed E-state index contributed by atoms with van der Waals surface area (Å²) in [6, 6.07) is 14.2. The molecule has 0 bridgehead atoms. The van der Waals surface area contributed by atoms with Crippen molar-refractivity contribution in [1.29, 1.82) is 0 Å². The number of oxazole rings is 1. The number of aryl methyl sites for hydroxylation is 2. The first kappa shape index (κ1) is 21.9. The lowest BCUT2D eigenvalue weighted by Gasteiger charge is -2.14. The highest BCUT2D eigenvalue weighted by Gasteiger charge is 2.16. The maximum Gasteiger partial charge on any atom is 0.419 e. The first-order valence-corrected chi connectivity index (χ1v) is 10.4. The first-order valence-electron chi connectivity index (χ1n) is 10.4. The molecule has 0 spiro atoms. The third-order valence-corrected chi connectivity index (χ3v) is 5.37. The number of nitrogens with zero attached hydrogens (tertiary/aromatic N) is 3. The van der Waals surface area contributed by atoms with E-state index in [1.165, 1.54) is 17.0 Å². The molecule has 0 aliphatic carbocycles. The maximum atomic E-state index is 12.6. The second-order valence-electron chi connectivity index (χ2n) is 7.81. The molecule has 2 amide bonds. The van der Waals surface area contributed by atoms with Crippen LogP contribution in [0.25, 0.3) is 11.1 Å². The van der Waals surface area contributed by atoms with Gasteiger partial charge in [-0.25, -0.2) is 14.8 Å². The zero-order chi connectivity index (χ0) is 23.5. The van der Waals surface area contributed by atoms with E-state index in [-0.39, 0.29) is 24.0 Å². The summed E-state index contributed by atoms with van der Waals surface area (Å²) in [5.41, 5.74) is 4.18. The van der Waals surface area contributed by atoms with Gasteiger partial charge in [-0.3, -0.25) is 14.2 Å². The van der Waals surface area contributed by atoms with Crippen LogP contribution in [0.5, 0.6) is 0 Å². The fourth-order valence-electron chi connectivity index (χ4n) is 3.37. The first-order chi connectivity index (χ1) is 15.8. The molecule has 0 saturated carbocycles. The molecule has 0 saturated heterocycles. The van der Waals surface area contributed by atoms with Crippen molar-refractivity contribution in [2.45, 2.75) is 26.4 Å². The van der Waals surface area contributed by atoms with E-state index >= 15 is 0 Å². The Morgan fingerprint density at radius 1 is 1.03 bits per heavy atom. The topological polar surface area (TPSA) is 119 Å². The van der Waals surface area contributed by atoms with Gasteiger partial charge in [0.25, 0.3) is 11.8 Å². The van der Waals surface area contributed by atoms with Crippen LogP contribution in [0.2, 0.25) is 0 Å². The molecule has 0 aliphatic heterocycles. The van der Waals surface area contributed by atoms with Crippen LogP contribution in [0.3, 0.4) is 0 Å². The van der Waals surface area contributed by atoms with Gasteiger partial charge in [-0.15, -0.1) is 0 Å². The summed E-state index contributed by atoms with van der Waals surface area (Å²) in [6.07, 6.45) is 1.19. The summed E-state index contributed by atoms with van der Waals surface area (Å²) in [7, 11) is 1.61. The number of aromatic nitrogens is 3. The van der Waals surface area contributed by atoms with Crippen LogP contribution in [0.4, 0.5) is 0 Å². The summed E-state index contributed by atoms with van der Waals surface area (Å²) in [5, 5.41) is 5.65. The minimum absolute atomic E-state index is 0.0786. The van der Waals surface area contributed by atoms with Gasteiger partial charge in [0.1, 0.15) is 17.7 Å². The van der Waals surface area contributed by atoms with Gasteiger partial charge in [0.05, 0.1) is 11.6 Å². The van der Waals surface area contributed by atoms with Crippen molar-refractivity contribution >= 4 is 22.9 Å². The highest BCUT2D eigenvalue weighted by atomic mass is 16.4. The Morgan fingerprint density at radius 2 is 1.73 bits per heavy atom. The van der Waals surface area contributed by atoms with Crippen molar-refractivity contribution in [1.82, 2.24) is 25.2 Å². The zero-order valence-corrected chi connectivity index (χ0v) is 18.5. The lowest BCUT2D eigenvalue weighted by molar-refractivity contribution is 0.0934. The second-order valence-corrected chi connectivity index (χ2v) is 7.81. The summed E-state index contributed by atoms with van der Waals surface area (Å²) in [5.74, 6) is -1.29. The van der Waals surface area contributed by atoms with Crippen LogP contribution in [0, 0.1) is 6.92 Å². The van der Waals surface area contributed by atoms with Crippen molar-refractivity contribution < 1.29 is 14.0 Å². The largest absolute Gasteiger partial charge is 0.419 e. The van der Waals surface area contributed by atoms with E-state index in [1.54, 1.807) is 25.2 Å². The Hall–Kier alpha value is -4.27. The van der Waals surface area contributed by atoms with Crippen LogP contribution in [0.1, 0.15) is 50.6 Å². The average Bonchev–Trinajstić information content (AvgIpc) is 3.10. The smallest absolute Gasteiger partial charge is 0.408 e. The molecule has 0 radical (unpaired) electrons. The molecule has 168 valence electrons. The van der Waals surface area contributed by atoms with E-state index in [4.69, 9.17) is 4.42 Å². The molecule has 1 atom stereocenters. The van der Waals surface area contributed by atoms with E-state index in [0.717, 1.165) is 16.7 Å². The van der Waals surface area contributed by atoms with E-state index < -0.39 is 17.6 Å². The SMILES string of the molecule is Cc1ccc([C@H](C)NC(=O)c2cc(C(=O)NCc3ccc4oc(=O)n(C)c4c3)ncn2)cc1. The second kappa shape index (κ2) is 9.07. The summed E-state index contributed by atoms with van der Waals surface area (Å²) >= 11 is 0. The van der Waals surface area contributed by atoms with Crippen LogP contribution >= 0.6 is 0 Å². The molecule has 2 heterocycles. The molecular weight excluding hydrogens is 422 g/mol. The number of carbonyl (C=O) groups excluding carboxylic acids is 2. The zero-order valence-electron chi connectivity index (χ0n) is 18.5. The van der Waals surface area contributed by atoms with E-state index in [1.807, 2.05) is 38.1 Å². The normalized spacial score (nSPS) is 11.8. The number of rotatable bonds is 6. The lowest BCUT2D eigenvalue weighted by atomic mass is 10.1. The number of benzene rings is 2. The summed E-state index contributed by atoms with van der Waals surface area (Å²) in [6.45, 7) is 4.09. The van der Waals surface area contributed by atoms with Gasteiger partial charge >= 0.3 is 5.76 Å². The number of hydrogen-bond acceptors (Lipinski definition) is 6. The number of carbonyl (C=O) groups is 2. The number of hydrogen-bond donors (Lipinski definition) is 2. The Morgan fingerprint density at radius 3 is 2.45 bits per heavy atom. The monoisotopic (exact) mass is 445 g/mol. The summed E-state index contributed by atoms with van der Waals surface area (Å²) in [4.78, 5) is 44.8. The highest BCUT2D eigenvalue weighted by Crippen LogP contribution is 2.15. The molecular formula is C24H23N5O4. The minimum atomic E-state index is -0.449. The van der Waals surface area contributed by atoms with E-state index in [2.05, 4.69) is 20.6 Å². The van der Waals surface area contributed by atoms with Gasteiger partial charge in [-0.2, -0.15) is 0 Å². The van der Waals surface area contributed by atoms with Crippen molar-refractivity contribution in [2.75, 3.05) is 0 Å².